The molecule has 0 unspecified atom stereocenters. The Hall–Kier alpha value is -4.04. The van der Waals surface area contributed by atoms with Gasteiger partial charge in [0.15, 0.2) is 0 Å². The van der Waals surface area contributed by atoms with Crippen molar-refractivity contribution in [3.8, 4) is 11.1 Å². The van der Waals surface area contributed by atoms with Crippen molar-refractivity contribution in [2.75, 3.05) is 19.7 Å². The SMILES string of the molecule is CC(C)(CN=[N+]=[N-])C(=O)NCCCC[C@H](NC(=O)OCC1c2ccccc2-c2ccccc21)C(=O)O. The van der Waals surface area contributed by atoms with Crippen LogP contribution in [0, 0.1) is 5.41 Å². The molecule has 0 radical (unpaired) electrons. The minimum Gasteiger partial charge on any atom is -0.480 e. The molecule has 3 rings (SSSR count). The molecule has 0 bridgehead atoms. The monoisotopic (exact) mass is 493 g/mol. The van der Waals surface area contributed by atoms with E-state index in [0.717, 1.165) is 22.3 Å². The summed E-state index contributed by atoms with van der Waals surface area (Å²) in [6.45, 7) is 3.84. The molecule has 36 heavy (non-hydrogen) atoms. The Kier molecular flexibility index (Phi) is 8.91. The smallest absolute Gasteiger partial charge is 0.407 e. The zero-order chi connectivity index (χ0) is 26.1. The molecule has 1 atom stereocenters. The standard InChI is InChI=1S/C26H31N5O5/c1-26(2,16-29-31-27)24(34)28-14-8-7-13-22(23(32)33)30-25(35)36-15-21-19-11-5-3-9-17(19)18-10-4-6-12-20(18)21/h3-6,9-12,21-22H,7-8,13-16H2,1-2H3,(H,28,34)(H,30,35)(H,32,33)/t22-/m0/s1. The predicted molar refractivity (Wildman–Crippen MR) is 134 cm³/mol. The zero-order valence-corrected chi connectivity index (χ0v) is 20.4. The Morgan fingerprint density at radius 2 is 1.69 bits per heavy atom. The van der Waals surface area contributed by atoms with Gasteiger partial charge in [-0.1, -0.05) is 67.5 Å². The number of alkyl carbamates (subject to hydrolysis) is 1. The summed E-state index contributed by atoms with van der Waals surface area (Å²) in [7, 11) is 0. The van der Waals surface area contributed by atoms with Gasteiger partial charge < -0.3 is 20.5 Å². The van der Waals surface area contributed by atoms with Gasteiger partial charge in [-0.05, 0) is 47.0 Å². The summed E-state index contributed by atoms with van der Waals surface area (Å²) in [6.07, 6.45) is 0.409. The number of nitrogens with zero attached hydrogens (tertiary/aromatic N) is 3. The van der Waals surface area contributed by atoms with Crippen LogP contribution in [0.25, 0.3) is 21.6 Å². The third-order valence-corrected chi connectivity index (χ3v) is 6.28. The van der Waals surface area contributed by atoms with E-state index in [4.69, 9.17) is 10.3 Å². The molecular weight excluding hydrogens is 462 g/mol. The molecular formula is C26H31N5O5. The second-order valence-corrected chi connectivity index (χ2v) is 9.39. The van der Waals surface area contributed by atoms with Crippen molar-refractivity contribution < 1.29 is 24.2 Å². The lowest BCUT2D eigenvalue weighted by Crippen LogP contribution is -2.41. The third-order valence-electron chi connectivity index (χ3n) is 6.28. The molecule has 0 saturated heterocycles. The number of carboxylic acids is 1. The number of hydrogen-bond donors (Lipinski definition) is 3. The summed E-state index contributed by atoms with van der Waals surface area (Å²) in [4.78, 5) is 38.9. The maximum atomic E-state index is 12.4. The quantitative estimate of drug-likeness (QED) is 0.171. The summed E-state index contributed by atoms with van der Waals surface area (Å²) in [5, 5.41) is 18.2. The number of carboxylic acid groups (broad SMARTS) is 1. The van der Waals surface area contributed by atoms with Crippen molar-refractivity contribution in [1.29, 1.82) is 0 Å². The highest BCUT2D eigenvalue weighted by Crippen LogP contribution is 2.44. The van der Waals surface area contributed by atoms with Crippen LogP contribution in [0.4, 0.5) is 4.79 Å². The van der Waals surface area contributed by atoms with Crippen LogP contribution in [0.1, 0.15) is 50.2 Å². The predicted octanol–water partition coefficient (Wildman–Crippen LogP) is 4.60. The number of aliphatic carboxylic acids is 1. The van der Waals surface area contributed by atoms with Gasteiger partial charge in [-0.3, -0.25) is 4.79 Å². The molecule has 0 spiro atoms. The number of carbonyl (C=O) groups excluding carboxylic acids is 2. The second kappa shape index (κ2) is 12.1. The van der Waals surface area contributed by atoms with Gasteiger partial charge >= 0.3 is 12.1 Å². The number of nitrogens with one attached hydrogen (secondary N) is 2. The van der Waals surface area contributed by atoms with Crippen LogP contribution in [-0.4, -0.2) is 48.8 Å². The Morgan fingerprint density at radius 3 is 2.28 bits per heavy atom. The molecule has 10 nitrogen and oxygen atoms in total. The first-order valence-corrected chi connectivity index (χ1v) is 11.9. The number of fused-ring (bicyclic) bond motifs is 3. The van der Waals surface area contributed by atoms with Crippen LogP contribution in [0.5, 0.6) is 0 Å². The van der Waals surface area contributed by atoms with Crippen LogP contribution >= 0.6 is 0 Å². The van der Waals surface area contributed by atoms with E-state index >= 15 is 0 Å². The number of rotatable bonds is 12. The number of hydrogen-bond acceptors (Lipinski definition) is 5. The molecule has 190 valence electrons. The van der Waals surface area contributed by atoms with Crippen LogP contribution < -0.4 is 10.6 Å². The molecule has 0 heterocycles. The van der Waals surface area contributed by atoms with Gasteiger partial charge in [0.25, 0.3) is 0 Å². The fourth-order valence-electron chi connectivity index (χ4n) is 4.23. The zero-order valence-electron chi connectivity index (χ0n) is 20.4. The molecule has 2 amide bonds. The fraction of sp³-hybridized carbons (Fsp3) is 0.423. The van der Waals surface area contributed by atoms with Gasteiger partial charge in [0.05, 0.1) is 0 Å². The van der Waals surface area contributed by atoms with E-state index in [1.165, 1.54) is 0 Å². The number of carbonyl (C=O) groups is 3. The van der Waals surface area contributed by atoms with Crippen molar-refractivity contribution >= 4 is 18.0 Å². The minimum absolute atomic E-state index is 0.0421. The van der Waals surface area contributed by atoms with E-state index in [1.54, 1.807) is 13.8 Å². The molecule has 10 heteroatoms. The molecule has 1 aliphatic carbocycles. The number of benzene rings is 2. The van der Waals surface area contributed by atoms with Crippen molar-refractivity contribution in [3.63, 3.8) is 0 Å². The van der Waals surface area contributed by atoms with Crippen molar-refractivity contribution in [2.24, 2.45) is 10.5 Å². The summed E-state index contributed by atoms with van der Waals surface area (Å²) in [5.74, 6) is -1.51. The maximum absolute atomic E-state index is 12.4. The normalized spacial score (nSPS) is 13.1. The Labute approximate surface area is 209 Å². The lowest BCUT2D eigenvalue weighted by Gasteiger charge is -2.21. The van der Waals surface area contributed by atoms with Gasteiger partial charge in [-0.2, -0.15) is 0 Å². The van der Waals surface area contributed by atoms with Gasteiger partial charge in [0.2, 0.25) is 5.91 Å². The molecule has 2 aromatic rings. The van der Waals surface area contributed by atoms with Crippen molar-refractivity contribution in [1.82, 2.24) is 10.6 Å². The first-order chi connectivity index (χ1) is 17.2. The first kappa shape index (κ1) is 26.6. The maximum Gasteiger partial charge on any atom is 0.407 e. The average molecular weight is 494 g/mol. The van der Waals surface area contributed by atoms with Gasteiger partial charge in [-0.25, -0.2) is 9.59 Å². The number of amides is 2. The highest BCUT2D eigenvalue weighted by molar-refractivity contribution is 5.82. The van der Waals surface area contributed by atoms with Gasteiger partial charge in [0, 0.05) is 29.3 Å². The Bertz CT molecular complexity index is 1110. The molecule has 0 saturated carbocycles. The highest BCUT2D eigenvalue weighted by atomic mass is 16.5. The molecule has 2 aromatic carbocycles. The van der Waals surface area contributed by atoms with E-state index in [-0.39, 0.29) is 31.4 Å². The van der Waals surface area contributed by atoms with Crippen LogP contribution in [0.3, 0.4) is 0 Å². The fourth-order valence-corrected chi connectivity index (χ4v) is 4.23. The van der Waals surface area contributed by atoms with E-state index in [2.05, 4.69) is 20.7 Å². The lowest BCUT2D eigenvalue weighted by atomic mass is 9.92. The molecule has 3 N–H and O–H groups in total. The molecule has 1 aliphatic rings. The lowest BCUT2D eigenvalue weighted by molar-refractivity contribution is -0.139. The van der Waals surface area contributed by atoms with Crippen molar-refractivity contribution in [3.05, 3.63) is 70.1 Å². The summed E-state index contributed by atoms with van der Waals surface area (Å²) >= 11 is 0. The summed E-state index contributed by atoms with van der Waals surface area (Å²) in [6, 6.07) is 14.8. The van der Waals surface area contributed by atoms with E-state index < -0.39 is 23.5 Å². The van der Waals surface area contributed by atoms with Crippen LogP contribution in [0.2, 0.25) is 0 Å². The number of ether oxygens (including phenoxy) is 1. The Balaban J connectivity index is 1.45. The van der Waals surface area contributed by atoms with Crippen molar-refractivity contribution in [2.45, 2.75) is 45.1 Å². The largest absolute Gasteiger partial charge is 0.480 e. The first-order valence-electron chi connectivity index (χ1n) is 11.9. The topological polar surface area (TPSA) is 153 Å². The van der Waals surface area contributed by atoms with Gasteiger partial charge in [0.1, 0.15) is 12.6 Å². The molecule has 0 fully saturated rings. The van der Waals surface area contributed by atoms with Crippen LogP contribution in [0.15, 0.2) is 53.6 Å². The summed E-state index contributed by atoms with van der Waals surface area (Å²) < 4.78 is 5.44. The Morgan fingerprint density at radius 1 is 1.08 bits per heavy atom. The van der Waals surface area contributed by atoms with Gasteiger partial charge in [-0.15, -0.1) is 0 Å². The third kappa shape index (κ3) is 6.55. The highest BCUT2D eigenvalue weighted by Gasteiger charge is 2.30. The van der Waals surface area contributed by atoms with Crippen LogP contribution in [-0.2, 0) is 14.3 Å². The summed E-state index contributed by atoms with van der Waals surface area (Å²) in [5.41, 5.74) is 12.0. The van der Waals surface area contributed by atoms with E-state index in [1.807, 2.05) is 48.5 Å². The van der Waals surface area contributed by atoms with E-state index in [0.29, 0.717) is 19.4 Å². The number of unbranched alkanes of at least 4 members (excludes halogenated alkanes) is 1. The average Bonchev–Trinajstić information content (AvgIpc) is 3.18. The minimum atomic E-state index is -1.15. The molecule has 0 aromatic heterocycles. The van der Waals surface area contributed by atoms with E-state index in [9.17, 15) is 19.5 Å². The number of azide groups is 1. The molecule has 0 aliphatic heterocycles. The second-order valence-electron chi connectivity index (χ2n) is 9.39.